The minimum atomic E-state index is -2.79. The van der Waals surface area contributed by atoms with Crippen LogP contribution in [0.15, 0.2) is 4.99 Å². The molecule has 136 valence electrons. The smallest absolute Gasteiger partial charge is 0.193 e. The van der Waals surface area contributed by atoms with Crippen LogP contribution in [0.2, 0.25) is 0 Å². The van der Waals surface area contributed by atoms with Crippen molar-refractivity contribution >= 4 is 39.8 Å². The summed E-state index contributed by atoms with van der Waals surface area (Å²) in [5.41, 5.74) is 0. The van der Waals surface area contributed by atoms with E-state index in [4.69, 9.17) is 4.99 Å². The van der Waals surface area contributed by atoms with Crippen LogP contribution in [0.5, 0.6) is 0 Å². The Morgan fingerprint density at radius 2 is 1.91 bits per heavy atom. The molecular weight excluding hydrogens is 425 g/mol. The van der Waals surface area contributed by atoms with Gasteiger partial charge in [0.1, 0.15) is 0 Å². The fourth-order valence-electron chi connectivity index (χ4n) is 3.03. The summed E-state index contributed by atoms with van der Waals surface area (Å²) in [5.74, 6) is 3.21. The van der Waals surface area contributed by atoms with Gasteiger partial charge in [0, 0.05) is 26.2 Å². The van der Waals surface area contributed by atoms with E-state index in [2.05, 4.69) is 31.0 Å². The Labute approximate surface area is 158 Å². The first kappa shape index (κ1) is 21.0. The first-order valence-electron chi connectivity index (χ1n) is 8.59. The molecule has 0 aliphatic carbocycles. The van der Waals surface area contributed by atoms with E-state index in [9.17, 15) is 8.42 Å². The van der Waals surface area contributed by atoms with Crippen molar-refractivity contribution in [3.8, 4) is 0 Å². The summed E-state index contributed by atoms with van der Waals surface area (Å²) in [6.07, 6.45) is 3.20. The summed E-state index contributed by atoms with van der Waals surface area (Å²) >= 11 is 0. The molecule has 5 nitrogen and oxygen atoms in total. The van der Waals surface area contributed by atoms with Crippen LogP contribution < -0.4 is 5.32 Å². The van der Waals surface area contributed by atoms with Crippen molar-refractivity contribution in [2.45, 2.75) is 40.0 Å². The van der Waals surface area contributed by atoms with Crippen molar-refractivity contribution in [3.63, 3.8) is 0 Å². The van der Waals surface area contributed by atoms with Gasteiger partial charge < -0.3 is 10.2 Å². The third-order valence-corrected chi connectivity index (χ3v) is 6.40. The van der Waals surface area contributed by atoms with Gasteiger partial charge >= 0.3 is 0 Å². The van der Waals surface area contributed by atoms with Crippen LogP contribution in [0.25, 0.3) is 0 Å². The molecule has 2 saturated heterocycles. The molecule has 1 unspecified atom stereocenters. The number of piperidine rings is 1. The maximum Gasteiger partial charge on any atom is 0.193 e. The van der Waals surface area contributed by atoms with Crippen molar-refractivity contribution in [2.75, 3.05) is 37.7 Å². The second-order valence-corrected chi connectivity index (χ2v) is 9.61. The Balaban J connectivity index is 0.00000264. The highest BCUT2D eigenvalue weighted by molar-refractivity contribution is 14.0. The Bertz CT molecular complexity index is 486. The van der Waals surface area contributed by atoms with E-state index in [1.807, 2.05) is 0 Å². The number of aliphatic imine (C=N–C) groups is 1. The summed E-state index contributed by atoms with van der Waals surface area (Å²) in [5, 5.41) is 3.45. The van der Waals surface area contributed by atoms with Crippen LogP contribution >= 0.6 is 24.0 Å². The largest absolute Gasteiger partial charge is 0.356 e. The van der Waals surface area contributed by atoms with Gasteiger partial charge in [-0.25, -0.2) is 8.42 Å². The second kappa shape index (κ2) is 9.44. The molecule has 2 rings (SSSR count). The lowest BCUT2D eigenvalue weighted by Gasteiger charge is -2.33. The number of nitrogens with zero attached hydrogens (tertiary/aromatic N) is 2. The second-order valence-electron chi connectivity index (χ2n) is 7.38. The standard InChI is InChI=1S/C16H31N3O2S.HI/c1-13(2)10-17-16(19-7-4-14(3)5-8-19)18-11-15-6-9-22(20,21)12-15;/h13-15H,4-12H2,1-3H3,(H,17,18);1H. The SMILES string of the molecule is CC(C)CN=C(NCC1CCS(=O)(=O)C1)N1CCC(C)CC1.I. The van der Waals surface area contributed by atoms with E-state index < -0.39 is 9.84 Å². The Kier molecular flexibility index (Phi) is 8.61. The average Bonchev–Trinajstić information content (AvgIpc) is 2.79. The van der Waals surface area contributed by atoms with E-state index in [1.165, 1.54) is 12.8 Å². The van der Waals surface area contributed by atoms with E-state index in [0.717, 1.165) is 44.5 Å². The van der Waals surface area contributed by atoms with E-state index >= 15 is 0 Å². The molecule has 2 heterocycles. The zero-order valence-electron chi connectivity index (χ0n) is 14.6. The number of hydrogen-bond donors (Lipinski definition) is 1. The highest BCUT2D eigenvalue weighted by atomic mass is 127. The predicted octanol–water partition coefficient (Wildman–Crippen LogP) is 2.37. The van der Waals surface area contributed by atoms with Crippen molar-refractivity contribution in [2.24, 2.45) is 22.7 Å². The first-order chi connectivity index (χ1) is 10.4. The van der Waals surface area contributed by atoms with Gasteiger partial charge in [0.05, 0.1) is 11.5 Å². The quantitative estimate of drug-likeness (QED) is 0.400. The molecule has 0 saturated carbocycles. The topological polar surface area (TPSA) is 61.8 Å². The number of likely N-dealkylation sites (tertiary alicyclic amines) is 1. The normalized spacial score (nSPS) is 25.5. The number of sulfone groups is 1. The Morgan fingerprint density at radius 3 is 2.43 bits per heavy atom. The number of halogens is 1. The number of guanidine groups is 1. The van der Waals surface area contributed by atoms with Crippen LogP contribution in [-0.2, 0) is 9.84 Å². The Hall–Kier alpha value is -0.0500. The van der Waals surface area contributed by atoms with Crippen LogP contribution in [0, 0.1) is 17.8 Å². The van der Waals surface area contributed by atoms with Crippen LogP contribution in [0.1, 0.15) is 40.0 Å². The van der Waals surface area contributed by atoms with Gasteiger partial charge in [-0.05, 0) is 37.0 Å². The zero-order chi connectivity index (χ0) is 16.2. The van der Waals surface area contributed by atoms with Crippen LogP contribution in [0.4, 0.5) is 0 Å². The van der Waals surface area contributed by atoms with Gasteiger partial charge in [0.15, 0.2) is 15.8 Å². The molecule has 7 heteroatoms. The van der Waals surface area contributed by atoms with Crippen LogP contribution in [-0.4, -0.2) is 57.0 Å². The van der Waals surface area contributed by atoms with Gasteiger partial charge in [0.2, 0.25) is 0 Å². The zero-order valence-corrected chi connectivity index (χ0v) is 17.8. The molecule has 23 heavy (non-hydrogen) atoms. The minimum absolute atomic E-state index is 0. The Morgan fingerprint density at radius 1 is 1.26 bits per heavy atom. The number of hydrogen-bond acceptors (Lipinski definition) is 3. The fraction of sp³-hybridized carbons (Fsp3) is 0.938. The summed E-state index contributed by atoms with van der Waals surface area (Å²) < 4.78 is 23.1. The summed E-state index contributed by atoms with van der Waals surface area (Å²) in [4.78, 5) is 7.09. The molecule has 1 N–H and O–H groups in total. The molecule has 1 atom stereocenters. The van der Waals surface area contributed by atoms with Crippen molar-refractivity contribution in [3.05, 3.63) is 0 Å². The van der Waals surface area contributed by atoms with Gasteiger partial charge in [-0.15, -0.1) is 24.0 Å². The van der Waals surface area contributed by atoms with Gasteiger partial charge in [-0.1, -0.05) is 20.8 Å². The lowest BCUT2D eigenvalue weighted by atomic mass is 9.99. The highest BCUT2D eigenvalue weighted by Crippen LogP contribution is 2.19. The van der Waals surface area contributed by atoms with Gasteiger partial charge in [0.25, 0.3) is 0 Å². The molecular formula is C16H32IN3O2S. The molecule has 0 aromatic rings. The van der Waals surface area contributed by atoms with E-state index in [0.29, 0.717) is 17.4 Å². The van der Waals surface area contributed by atoms with Gasteiger partial charge in [-0.2, -0.15) is 0 Å². The molecule has 0 aromatic carbocycles. The summed E-state index contributed by atoms with van der Waals surface area (Å²) in [6.45, 7) is 10.3. The van der Waals surface area contributed by atoms with Crippen molar-refractivity contribution in [1.82, 2.24) is 10.2 Å². The fourth-order valence-corrected chi connectivity index (χ4v) is 4.89. The van der Waals surface area contributed by atoms with E-state index in [-0.39, 0.29) is 29.9 Å². The molecule has 0 bridgehead atoms. The molecule has 0 radical (unpaired) electrons. The lowest BCUT2D eigenvalue weighted by Crippen LogP contribution is -2.47. The summed E-state index contributed by atoms with van der Waals surface area (Å²) in [6, 6.07) is 0. The van der Waals surface area contributed by atoms with Crippen LogP contribution in [0.3, 0.4) is 0 Å². The molecule has 2 aliphatic heterocycles. The lowest BCUT2D eigenvalue weighted by molar-refractivity contribution is 0.271. The average molecular weight is 457 g/mol. The maximum absolute atomic E-state index is 11.6. The number of rotatable bonds is 4. The summed E-state index contributed by atoms with van der Waals surface area (Å²) in [7, 11) is -2.79. The van der Waals surface area contributed by atoms with Gasteiger partial charge in [-0.3, -0.25) is 4.99 Å². The third-order valence-electron chi connectivity index (χ3n) is 4.56. The molecule has 0 aromatic heterocycles. The molecule has 0 amide bonds. The molecule has 2 aliphatic rings. The predicted molar refractivity (Wildman–Crippen MR) is 107 cm³/mol. The van der Waals surface area contributed by atoms with Crippen molar-refractivity contribution in [1.29, 1.82) is 0 Å². The third kappa shape index (κ3) is 7.15. The molecule has 2 fully saturated rings. The number of nitrogens with one attached hydrogen (secondary N) is 1. The molecule has 0 spiro atoms. The first-order valence-corrected chi connectivity index (χ1v) is 10.4. The van der Waals surface area contributed by atoms with E-state index in [1.54, 1.807) is 0 Å². The minimum Gasteiger partial charge on any atom is -0.356 e. The maximum atomic E-state index is 11.6. The highest BCUT2D eigenvalue weighted by Gasteiger charge is 2.28. The van der Waals surface area contributed by atoms with Crippen molar-refractivity contribution < 1.29 is 8.42 Å². The monoisotopic (exact) mass is 457 g/mol.